The smallest absolute Gasteiger partial charge is 0.250 e. The lowest BCUT2D eigenvalue weighted by atomic mass is 9.95. The molecule has 0 amide bonds. The van der Waals surface area contributed by atoms with Crippen molar-refractivity contribution in [2.24, 2.45) is 4.99 Å². The summed E-state index contributed by atoms with van der Waals surface area (Å²) < 4.78 is 39.4. The van der Waals surface area contributed by atoms with Gasteiger partial charge in [-0.15, -0.1) is 11.3 Å². The highest BCUT2D eigenvalue weighted by atomic mass is 32.2. The predicted octanol–water partition coefficient (Wildman–Crippen LogP) is 1.58. The Labute approximate surface area is 168 Å². The van der Waals surface area contributed by atoms with Gasteiger partial charge in [0.25, 0.3) is 0 Å². The van der Waals surface area contributed by atoms with E-state index in [0.717, 1.165) is 30.6 Å². The van der Waals surface area contributed by atoms with Gasteiger partial charge in [0.05, 0.1) is 0 Å². The second kappa shape index (κ2) is 10.5. The summed E-state index contributed by atoms with van der Waals surface area (Å²) in [6, 6.07) is 3.67. The van der Waals surface area contributed by atoms with Crippen LogP contribution < -0.4 is 15.4 Å². The number of hydrogen-bond donors (Lipinski definition) is 3. The molecule has 1 aromatic heterocycles. The summed E-state index contributed by atoms with van der Waals surface area (Å²) in [6.07, 6.45) is 3.99. The van der Waals surface area contributed by atoms with Crippen LogP contribution in [0.4, 0.5) is 0 Å². The standard InChI is InChI=1S/C17H30N4O3S3/c1-4-26(22)15-7-5-6-14(12-15)21-17(18-3)19-10-11-20-27(23,24)16-9-8-13(2)25-16/h8-9,14-15,20H,4-7,10-12H2,1-3H3,(H2,18,19,21). The minimum Gasteiger partial charge on any atom is -0.355 e. The van der Waals surface area contributed by atoms with Crippen LogP contribution in [0.2, 0.25) is 0 Å². The Morgan fingerprint density at radius 2 is 2.11 bits per heavy atom. The molecular weight excluding hydrogens is 404 g/mol. The van der Waals surface area contributed by atoms with E-state index in [9.17, 15) is 12.6 Å². The number of thiophene rings is 1. The first-order valence-electron chi connectivity index (χ1n) is 9.26. The molecule has 0 bridgehead atoms. The van der Waals surface area contributed by atoms with Gasteiger partial charge in [-0.2, -0.15) is 0 Å². The second-order valence-electron chi connectivity index (χ2n) is 6.56. The predicted molar refractivity (Wildman–Crippen MR) is 113 cm³/mol. The summed E-state index contributed by atoms with van der Waals surface area (Å²) in [6.45, 7) is 4.55. The number of nitrogens with one attached hydrogen (secondary N) is 3. The monoisotopic (exact) mass is 434 g/mol. The van der Waals surface area contributed by atoms with E-state index in [1.54, 1.807) is 19.2 Å². The first kappa shape index (κ1) is 22.3. The van der Waals surface area contributed by atoms with Crippen LogP contribution in [0.5, 0.6) is 0 Å². The van der Waals surface area contributed by atoms with Gasteiger partial charge in [0.1, 0.15) is 4.21 Å². The van der Waals surface area contributed by atoms with Crippen LogP contribution in [-0.2, 0) is 20.8 Å². The highest BCUT2D eigenvalue weighted by Crippen LogP contribution is 2.23. The molecule has 1 aromatic rings. The largest absolute Gasteiger partial charge is 0.355 e. The molecular formula is C17H30N4O3S3. The molecule has 3 unspecified atom stereocenters. The van der Waals surface area contributed by atoms with Gasteiger partial charge in [-0.25, -0.2) is 13.1 Å². The fraction of sp³-hybridized carbons (Fsp3) is 0.706. The van der Waals surface area contributed by atoms with Gasteiger partial charge < -0.3 is 10.6 Å². The average molecular weight is 435 g/mol. The summed E-state index contributed by atoms with van der Waals surface area (Å²) in [5.74, 6) is 1.35. The fourth-order valence-electron chi connectivity index (χ4n) is 3.13. The molecule has 1 saturated carbocycles. The Morgan fingerprint density at radius 1 is 1.33 bits per heavy atom. The van der Waals surface area contributed by atoms with Gasteiger partial charge in [-0.05, 0) is 38.3 Å². The average Bonchev–Trinajstić information content (AvgIpc) is 3.11. The van der Waals surface area contributed by atoms with Crippen LogP contribution in [0.25, 0.3) is 0 Å². The molecule has 0 saturated heterocycles. The Bertz CT molecular complexity index is 761. The van der Waals surface area contributed by atoms with Crippen LogP contribution >= 0.6 is 11.3 Å². The lowest BCUT2D eigenvalue weighted by Gasteiger charge is -2.30. The van der Waals surface area contributed by atoms with Crippen molar-refractivity contribution in [2.75, 3.05) is 25.9 Å². The molecule has 2 rings (SSSR count). The van der Waals surface area contributed by atoms with Crippen molar-refractivity contribution in [3.05, 3.63) is 17.0 Å². The van der Waals surface area contributed by atoms with Gasteiger partial charge in [-0.3, -0.25) is 9.20 Å². The number of rotatable bonds is 8. The molecule has 10 heteroatoms. The number of sulfonamides is 1. The number of guanidine groups is 1. The van der Waals surface area contributed by atoms with Crippen LogP contribution in [0.15, 0.2) is 21.3 Å². The first-order valence-corrected chi connectivity index (χ1v) is 12.9. The summed E-state index contributed by atoms with van der Waals surface area (Å²) >= 11 is 1.26. The summed E-state index contributed by atoms with van der Waals surface area (Å²) in [4.78, 5) is 5.18. The Kier molecular flexibility index (Phi) is 8.71. The molecule has 0 radical (unpaired) electrons. The van der Waals surface area contributed by atoms with Crippen LogP contribution in [0.3, 0.4) is 0 Å². The lowest BCUT2D eigenvalue weighted by Crippen LogP contribution is -2.48. The van der Waals surface area contributed by atoms with E-state index < -0.39 is 20.8 Å². The number of aliphatic imine (C=N–C) groups is 1. The van der Waals surface area contributed by atoms with Gasteiger partial charge >= 0.3 is 0 Å². The molecule has 154 valence electrons. The SMILES string of the molecule is CCS(=O)C1CCCC(NC(=NC)NCCNS(=O)(=O)c2ccc(C)s2)C1. The molecule has 1 fully saturated rings. The zero-order valence-corrected chi connectivity index (χ0v) is 18.6. The molecule has 1 aliphatic carbocycles. The molecule has 1 aliphatic rings. The van der Waals surface area contributed by atoms with Crippen molar-refractivity contribution in [1.82, 2.24) is 15.4 Å². The normalized spacial score (nSPS) is 22.4. The fourth-order valence-corrected chi connectivity index (χ4v) is 6.84. The van der Waals surface area contributed by atoms with Crippen molar-refractivity contribution in [2.45, 2.75) is 55.0 Å². The van der Waals surface area contributed by atoms with Crippen LogP contribution in [0.1, 0.15) is 37.5 Å². The zero-order chi connectivity index (χ0) is 19.9. The molecule has 3 atom stereocenters. The van der Waals surface area contributed by atoms with Crippen molar-refractivity contribution < 1.29 is 12.6 Å². The number of aryl methyl sites for hydroxylation is 1. The first-order chi connectivity index (χ1) is 12.9. The second-order valence-corrected chi connectivity index (χ2v) is 11.8. The van der Waals surface area contributed by atoms with Gasteiger partial charge in [0.15, 0.2) is 5.96 Å². The molecule has 0 aliphatic heterocycles. The summed E-state index contributed by atoms with van der Waals surface area (Å²) in [7, 11) is -2.52. The minimum absolute atomic E-state index is 0.247. The summed E-state index contributed by atoms with van der Waals surface area (Å²) in [5.41, 5.74) is 0. The maximum absolute atomic E-state index is 12.2. The van der Waals surface area contributed by atoms with E-state index in [-0.39, 0.29) is 17.8 Å². The Morgan fingerprint density at radius 3 is 2.74 bits per heavy atom. The Hall–Kier alpha value is -0.970. The molecule has 7 nitrogen and oxygen atoms in total. The van der Waals surface area contributed by atoms with Crippen molar-refractivity contribution in [3.63, 3.8) is 0 Å². The van der Waals surface area contributed by atoms with E-state index >= 15 is 0 Å². The molecule has 3 N–H and O–H groups in total. The topological polar surface area (TPSA) is 99.7 Å². The Balaban J connectivity index is 1.76. The van der Waals surface area contributed by atoms with Crippen LogP contribution in [0, 0.1) is 6.92 Å². The van der Waals surface area contributed by atoms with E-state index in [1.165, 1.54) is 11.3 Å². The number of nitrogens with zero attached hydrogens (tertiary/aromatic N) is 1. The highest BCUT2D eigenvalue weighted by Gasteiger charge is 2.26. The van der Waals surface area contributed by atoms with E-state index in [4.69, 9.17) is 0 Å². The van der Waals surface area contributed by atoms with Crippen molar-refractivity contribution in [3.8, 4) is 0 Å². The van der Waals surface area contributed by atoms with Crippen molar-refractivity contribution in [1.29, 1.82) is 0 Å². The van der Waals surface area contributed by atoms with E-state index in [2.05, 4.69) is 20.3 Å². The molecule has 0 aromatic carbocycles. The molecule has 0 spiro atoms. The van der Waals surface area contributed by atoms with E-state index in [1.807, 2.05) is 13.8 Å². The van der Waals surface area contributed by atoms with Gasteiger partial charge in [0.2, 0.25) is 10.0 Å². The molecule has 27 heavy (non-hydrogen) atoms. The highest BCUT2D eigenvalue weighted by molar-refractivity contribution is 7.91. The zero-order valence-electron chi connectivity index (χ0n) is 16.2. The van der Waals surface area contributed by atoms with Gasteiger partial charge in [0, 0.05) is 52.9 Å². The lowest BCUT2D eigenvalue weighted by molar-refractivity contribution is 0.413. The maximum atomic E-state index is 12.2. The minimum atomic E-state index is -3.46. The van der Waals surface area contributed by atoms with Gasteiger partial charge in [-0.1, -0.05) is 13.3 Å². The van der Waals surface area contributed by atoms with Crippen LogP contribution in [-0.4, -0.2) is 55.8 Å². The third-order valence-electron chi connectivity index (χ3n) is 4.54. The third kappa shape index (κ3) is 6.85. The van der Waals surface area contributed by atoms with E-state index in [0.29, 0.717) is 22.5 Å². The summed E-state index contributed by atoms with van der Waals surface area (Å²) in [5, 5.41) is 6.77. The number of hydrogen-bond acceptors (Lipinski definition) is 5. The quantitative estimate of drug-likeness (QED) is 0.328. The third-order valence-corrected chi connectivity index (χ3v) is 9.23. The maximum Gasteiger partial charge on any atom is 0.250 e. The molecule has 1 heterocycles. The van der Waals surface area contributed by atoms with Crippen molar-refractivity contribution >= 4 is 38.1 Å².